The first-order chi connectivity index (χ1) is 16.5. The molecule has 2 N–H and O–H groups in total. The maximum Gasteiger partial charge on any atom is 0.341 e. The van der Waals surface area contributed by atoms with Gasteiger partial charge in [-0.2, -0.15) is 0 Å². The number of amides is 1. The van der Waals surface area contributed by atoms with Crippen molar-refractivity contribution in [1.82, 2.24) is 15.2 Å². The first-order valence-electron chi connectivity index (χ1n) is 9.74. The number of nitrogens with one attached hydrogen (secondary N) is 1. The highest BCUT2D eigenvalue weighted by Crippen LogP contribution is 2.34. The SMILES string of the molecule is COC(=O)c1cc(NC(=O)CSc2nnc(-c3ccco3)c(-c3ccco3)n2)cc(OC)c1O. The zero-order valence-electron chi connectivity index (χ0n) is 18.0. The molecule has 0 aliphatic heterocycles. The van der Waals surface area contributed by atoms with Crippen molar-refractivity contribution in [1.29, 1.82) is 0 Å². The van der Waals surface area contributed by atoms with E-state index in [-0.39, 0.29) is 33.7 Å². The lowest BCUT2D eigenvalue weighted by molar-refractivity contribution is -0.113. The van der Waals surface area contributed by atoms with Crippen molar-refractivity contribution in [2.45, 2.75) is 5.16 Å². The van der Waals surface area contributed by atoms with E-state index in [1.165, 1.54) is 38.9 Å². The number of furan rings is 2. The number of phenolic OH excluding ortho intramolecular Hbond substituents is 1. The molecule has 0 radical (unpaired) electrons. The van der Waals surface area contributed by atoms with Crippen LogP contribution in [-0.2, 0) is 9.53 Å². The second-order valence-electron chi connectivity index (χ2n) is 6.65. The minimum Gasteiger partial charge on any atom is -0.504 e. The van der Waals surface area contributed by atoms with Crippen LogP contribution in [-0.4, -0.2) is 52.1 Å². The Balaban J connectivity index is 1.51. The number of methoxy groups -OCH3 is 2. The van der Waals surface area contributed by atoms with Crippen LogP contribution in [0, 0.1) is 0 Å². The number of aromatic hydroxyl groups is 1. The van der Waals surface area contributed by atoms with Crippen LogP contribution in [0.2, 0.25) is 0 Å². The molecule has 0 saturated heterocycles. The number of carbonyl (C=O) groups is 2. The van der Waals surface area contributed by atoms with E-state index in [1.807, 2.05) is 0 Å². The van der Waals surface area contributed by atoms with Crippen LogP contribution in [0.1, 0.15) is 10.4 Å². The van der Waals surface area contributed by atoms with Crippen molar-refractivity contribution in [2.75, 3.05) is 25.3 Å². The number of hydrogen-bond acceptors (Lipinski definition) is 11. The highest BCUT2D eigenvalue weighted by Gasteiger charge is 2.20. The third-order valence-electron chi connectivity index (χ3n) is 4.49. The molecule has 11 nitrogen and oxygen atoms in total. The Morgan fingerprint density at radius 1 is 1.06 bits per heavy atom. The van der Waals surface area contributed by atoms with Crippen LogP contribution >= 0.6 is 11.8 Å². The monoisotopic (exact) mass is 482 g/mol. The first kappa shape index (κ1) is 22.9. The summed E-state index contributed by atoms with van der Waals surface area (Å²) in [6.45, 7) is 0. The maximum absolute atomic E-state index is 12.5. The Labute approximate surface area is 197 Å². The number of ether oxygens (including phenoxy) is 2. The second kappa shape index (κ2) is 10.1. The standard InChI is InChI=1S/C22H18N4O7S/c1-30-16-10-12(9-13(20(16)28)21(29)31-2)23-17(27)11-34-22-24-18(14-5-3-7-32-14)19(25-26-22)15-6-4-8-33-15/h3-10,28H,11H2,1-2H3,(H,23,27). The molecular weight excluding hydrogens is 464 g/mol. The quantitative estimate of drug-likeness (QED) is 0.215. The summed E-state index contributed by atoms with van der Waals surface area (Å²) >= 11 is 1.05. The minimum atomic E-state index is -0.775. The van der Waals surface area contributed by atoms with Gasteiger partial charge in [0, 0.05) is 11.8 Å². The summed E-state index contributed by atoms with van der Waals surface area (Å²) in [6, 6.07) is 9.58. The number of nitrogens with zero attached hydrogens (tertiary/aromatic N) is 3. The molecule has 0 unspecified atom stereocenters. The molecular formula is C22H18N4O7S. The van der Waals surface area contributed by atoms with Gasteiger partial charge >= 0.3 is 5.97 Å². The molecule has 34 heavy (non-hydrogen) atoms. The Hall–Kier alpha value is -4.32. The molecule has 1 amide bonds. The molecule has 3 heterocycles. The van der Waals surface area contributed by atoms with Crippen molar-refractivity contribution in [2.24, 2.45) is 0 Å². The summed E-state index contributed by atoms with van der Waals surface area (Å²) < 4.78 is 20.6. The number of esters is 1. The van der Waals surface area contributed by atoms with Gasteiger partial charge in [0.2, 0.25) is 11.1 Å². The molecule has 0 atom stereocenters. The lowest BCUT2D eigenvalue weighted by Crippen LogP contribution is -2.15. The van der Waals surface area contributed by atoms with E-state index in [1.54, 1.807) is 24.3 Å². The normalized spacial score (nSPS) is 10.6. The fourth-order valence-electron chi connectivity index (χ4n) is 2.96. The van der Waals surface area contributed by atoms with E-state index in [4.69, 9.17) is 13.6 Å². The van der Waals surface area contributed by atoms with Crippen molar-refractivity contribution >= 4 is 29.3 Å². The van der Waals surface area contributed by atoms with Crippen molar-refractivity contribution < 1.29 is 33.0 Å². The summed E-state index contributed by atoms with van der Waals surface area (Å²) in [5, 5.41) is 21.3. The Kier molecular flexibility index (Phi) is 6.78. The zero-order chi connectivity index (χ0) is 24.1. The summed E-state index contributed by atoms with van der Waals surface area (Å²) in [4.78, 5) is 28.9. The maximum atomic E-state index is 12.5. The van der Waals surface area contributed by atoms with E-state index in [2.05, 4.69) is 25.2 Å². The van der Waals surface area contributed by atoms with Gasteiger partial charge in [-0.3, -0.25) is 4.79 Å². The largest absolute Gasteiger partial charge is 0.504 e. The molecule has 0 spiro atoms. The average molecular weight is 482 g/mol. The van der Waals surface area contributed by atoms with Crippen LogP contribution in [0.15, 0.2) is 62.9 Å². The number of anilines is 1. The molecule has 4 rings (SSSR count). The van der Waals surface area contributed by atoms with Gasteiger partial charge in [-0.25, -0.2) is 9.78 Å². The fourth-order valence-corrected chi connectivity index (χ4v) is 3.55. The van der Waals surface area contributed by atoms with Crippen molar-refractivity contribution in [3.63, 3.8) is 0 Å². The molecule has 174 valence electrons. The van der Waals surface area contributed by atoms with E-state index in [0.29, 0.717) is 22.9 Å². The number of aromatic nitrogens is 3. The van der Waals surface area contributed by atoms with Gasteiger partial charge in [0.05, 0.1) is 32.5 Å². The Morgan fingerprint density at radius 2 is 1.76 bits per heavy atom. The van der Waals surface area contributed by atoms with Gasteiger partial charge in [0.25, 0.3) is 0 Å². The van der Waals surface area contributed by atoms with E-state index in [9.17, 15) is 14.7 Å². The first-order valence-corrected chi connectivity index (χ1v) is 10.7. The van der Waals surface area contributed by atoms with Crippen LogP contribution in [0.4, 0.5) is 5.69 Å². The molecule has 12 heteroatoms. The predicted molar refractivity (Wildman–Crippen MR) is 121 cm³/mol. The highest BCUT2D eigenvalue weighted by atomic mass is 32.2. The van der Waals surface area contributed by atoms with Gasteiger partial charge in [0.15, 0.2) is 28.7 Å². The van der Waals surface area contributed by atoms with Gasteiger partial charge in [-0.15, -0.1) is 10.2 Å². The van der Waals surface area contributed by atoms with Gasteiger partial charge in [-0.05, 0) is 30.3 Å². The van der Waals surface area contributed by atoms with E-state index < -0.39 is 11.9 Å². The molecule has 3 aromatic heterocycles. The molecule has 4 aromatic rings. The van der Waals surface area contributed by atoms with Gasteiger partial charge in [0.1, 0.15) is 11.3 Å². The Bertz CT molecular complexity index is 1310. The van der Waals surface area contributed by atoms with Gasteiger partial charge < -0.3 is 28.7 Å². The minimum absolute atomic E-state index is 0.00925. The van der Waals surface area contributed by atoms with Gasteiger partial charge in [-0.1, -0.05) is 11.8 Å². The fraction of sp³-hybridized carbons (Fsp3) is 0.136. The summed E-state index contributed by atoms with van der Waals surface area (Å²) in [5.41, 5.74) is 0.919. The molecule has 1 aromatic carbocycles. The van der Waals surface area contributed by atoms with Crippen molar-refractivity contribution in [3.8, 4) is 34.4 Å². The Morgan fingerprint density at radius 3 is 2.38 bits per heavy atom. The molecule has 0 aliphatic carbocycles. The number of thioether (sulfide) groups is 1. The van der Waals surface area contributed by atoms with E-state index >= 15 is 0 Å². The van der Waals surface area contributed by atoms with Crippen LogP contribution < -0.4 is 10.1 Å². The zero-order valence-corrected chi connectivity index (χ0v) is 18.8. The smallest absolute Gasteiger partial charge is 0.341 e. The molecule has 0 bridgehead atoms. The summed E-state index contributed by atoms with van der Waals surface area (Å²) in [7, 11) is 2.50. The average Bonchev–Trinajstić information content (AvgIpc) is 3.57. The lowest BCUT2D eigenvalue weighted by atomic mass is 10.1. The molecule has 0 aliphatic rings. The number of phenols is 1. The summed E-state index contributed by atoms with van der Waals surface area (Å²) in [5.74, 6) is -0.675. The third-order valence-corrected chi connectivity index (χ3v) is 5.33. The van der Waals surface area contributed by atoms with Crippen LogP contribution in [0.25, 0.3) is 22.9 Å². The van der Waals surface area contributed by atoms with Crippen LogP contribution in [0.3, 0.4) is 0 Å². The predicted octanol–water partition coefficient (Wildman–Crippen LogP) is 3.62. The number of hydrogen-bond donors (Lipinski definition) is 2. The van der Waals surface area contributed by atoms with Crippen molar-refractivity contribution in [3.05, 3.63) is 54.5 Å². The number of rotatable bonds is 8. The highest BCUT2D eigenvalue weighted by molar-refractivity contribution is 7.99. The lowest BCUT2D eigenvalue weighted by Gasteiger charge is -2.12. The topological polar surface area (TPSA) is 150 Å². The summed E-state index contributed by atoms with van der Waals surface area (Å²) in [6.07, 6.45) is 3.03. The second-order valence-corrected chi connectivity index (χ2v) is 7.59. The number of benzene rings is 1. The van der Waals surface area contributed by atoms with Crippen LogP contribution in [0.5, 0.6) is 11.5 Å². The number of carbonyl (C=O) groups excluding carboxylic acids is 2. The van der Waals surface area contributed by atoms with E-state index in [0.717, 1.165) is 11.8 Å². The molecule has 0 saturated carbocycles. The molecule has 0 fully saturated rings. The third kappa shape index (κ3) is 4.86.